The van der Waals surface area contributed by atoms with Crippen molar-refractivity contribution in [2.75, 3.05) is 12.3 Å². The lowest BCUT2D eigenvalue weighted by molar-refractivity contribution is 0.0953. The number of rotatable bonds is 3. The second-order valence-corrected chi connectivity index (χ2v) is 5.12. The minimum absolute atomic E-state index is 0.0445. The van der Waals surface area contributed by atoms with E-state index in [4.69, 9.17) is 0 Å². The molecule has 0 aromatic heterocycles. The van der Waals surface area contributed by atoms with Crippen molar-refractivity contribution in [2.45, 2.75) is 18.1 Å². The molecule has 1 heterocycles. The topological polar surface area (TPSA) is 29.1 Å². The predicted octanol–water partition coefficient (Wildman–Crippen LogP) is 2.31. The van der Waals surface area contributed by atoms with E-state index in [0.717, 1.165) is 12.1 Å². The van der Waals surface area contributed by atoms with E-state index < -0.39 is 0 Å². The van der Waals surface area contributed by atoms with Crippen molar-refractivity contribution in [2.24, 2.45) is 0 Å². The summed E-state index contributed by atoms with van der Waals surface area (Å²) in [4.78, 5) is 11.7. The summed E-state index contributed by atoms with van der Waals surface area (Å²) in [6, 6.07) is 9.39. The summed E-state index contributed by atoms with van der Waals surface area (Å²) in [5.74, 6) is 1.29. The molecule has 0 bridgehead atoms. The number of thioether (sulfide) groups is 1. The summed E-state index contributed by atoms with van der Waals surface area (Å²) in [5.41, 5.74) is 0.750. The maximum absolute atomic E-state index is 11.7. The average Bonchev–Trinajstić information content (AvgIpc) is 2.80. The van der Waals surface area contributed by atoms with Crippen LogP contribution in [0, 0.1) is 0 Å². The van der Waals surface area contributed by atoms with Crippen LogP contribution in [0.15, 0.2) is 30.3 Å². The number of carbonyl (C=O) groups excluding carboxylic acids is 1. The summed E-state index contributed by atoms with van der Waals surface area (Å²) >= 11 is 1.96. The first-order chi connectivity index (χ1) is 7.36. The molecule has 1 unspecified atom stereocenters. The molecule has 2 rings (SSSR count). The maximum atomic E-state index is 11.7. The second kappa shape index (κ2) is 5.21. The van der Waals surface area contributed by atoms with Gasteiger partial charge in [-0.3, -0.25) is 4.79 Å². The van der Waals surface area contributed by atoms with Crippen molar-refractivity contribution in [1.82, 2.24) is 5.32 Å². The van der Waals surface area contributed by atoms with E-state index in [1.54, 1.807) is 0 Å². The fraction of sp³-hybridized carbons (Fsp3) is 0.417. The largest absolute Gasteiger partial charge is 0.351 e. The normalized spacial score (nSPS) is 20.1. The smallest absolute Gasteiger partial charge is 0.251 e. The minimum Gasteiger partial charge on any atom is -0.351 e. The highest BCUT2D eigenvalue weighted by atomic mass is 32.2. The first-order valence-electron chi connectivity index (χ1n) is 5.31. The van der Waals surface area contributed by atoms with Crippen LogP contribution in [0.2, 0.25) is 0 Å². The van der Waals surface area contributed by atoms with Gasteiger partial charge in [-0.2, -0.15) is 11.8 Å². The van der Waals surface area contributed by atoms with Gasteiger partial charge in [0.25, 0.3) is 5.91 Å². The third-order valence-electron chi connectivity index (χ3n) is 2.55. The summed E-state index contributed by atoms with van der Waals surface area (Å²) in [5, 5.41) is 3.60. The van der Waals surface area contributed by atoms with Crippen molar-refractivity contribution < 1.29 is 4.79 Å². The van der Waals surface area contributed by atoms with Crippen molar-refractivity contribution in [3.05, 3.63) is 35.9 Å². The van der Waals surface area contributed by atoms with Gasteiger partial charge in [0.15, 0.2) is 0 Å². The molecule has 3 heteroatoms. The predicted molar refractivity (Wildman–Crippen MR) is 64.3 cm³/mol. The van der Waals surface area contributed by atoms with Gasteiger partial charge < -0.3 is 5.32 Å². The van der Waals surface area contributed by atoms with Crippen LogP contribution >= 0.6 is 11.8 Å². The molecule has 1 saturated heterocycles. The number of benzene rings is 1. The Balaban J connectivity index is 1.82. The Morgan fingerprint density at radius 3 is 2.87 bits per heavy atom. The van der Waals surface area contributed by atoms with Gasteiger partial charge >= 0.3 is 0 Å². The van der Waals surface area contributed by atoms with Crippen LogP contribution in [0.3, 0.4) is 0 Å². The molecule has 0 radical (unpaired) electrons. The molecule has 1 N–H and O–H groups in total. The third-order valence-corrected chi connectivity index (χ3v) is 3.95. The lowest BCUT2D eigenvalue weighted by Crippen LogP contribution is -2.29. The first-order valence-corrected chi connectivity index (χ1v) is 6.36. The van der Waals surface area contributed by atoms with Crippen LogP contribution in [0.4, 0.5) is 0 Å². The molecule has 2 nitrogen and oxygen atoms in total. The Morgan fingerprint density at radius 2 is 2.20 bits per heavy atom. The molecule has 15 heavy (non-hydrogen) atoms. The highest BCUT2D eigenvalue weighted by Gasteiger charge is 2.16. The van der Waals surface area contributed by atoms with E-state index in [9.17, 15) is 4.79 Å². The summed E-state index contributed by atoms with van der Waals surface area (Å²) in [6.45, 7) is 0.804. The van der Waals surface area contributed by atoms with Crippen molar-refractivity contribution in [3.63, 3.8) is 0 Å². The van der Waals surface area contributed by atoms with E-state index >= 15 is 0 Å². The van der Waals surface area contributed by atoms with Crippen LogP contribution in [0.25, 0.3) is 0 Å². The molecule has 0 spiro atoms. The number of hydrogen-bond donors (Lipinski definition) is 1. The molecule has 1 aromatic carbocycles. The molecule has 1 aliphatic heterocycles. The van der Waals surface area contributed by atoms with E-state index in [1.807, 2.05) is 42.1 Å². The molecule has 1 fully saturated rings. The summed E-state index contributed by atoms with van der Waals surface area (Å²) < 4.78 is 0. The van der Waals surface area contributed by atoms with Gasteiger partial charge in [0.2, 0.25) is 0 Å². The number of amides is 1. The van der Waals surface area contributed by atoms with Crippen LogP contribution in [-0.4, -0.2) is 23.5 Å². The van der Waals surface area contributed by atoms with E-state index in [1.165, 1.54) is 18.6 Å². The van der Waals surface area contributed by atoms with Gasteiger partial charge in [0, 0.05) is 17.4 Å². The molecule has 0 saturated carbocycles. The third kappa shape index (κ3) is 2.99. The lowest BCUT2D eigenvalue weighted by atomic mass is 10.2. The van der Waals surface area contributed by atoms with Gasteiger partial charge in [-0.05, 0) is 30.7 Å². The van der Waals surface area contributed by atoms with Crippen LogP contribution < -0.4 is 5.32 Å². The van der Waals surface area contributed by atoms with Gasteiger partial charge in [0.05, 0.1) is 0 Å². The molecule has 1 aromatic rings. The number of hydrogen-bond acceptors (Lipinski definition) is 2. The highest BCUT2D eigenvalue weighted by Crippen LogP contribution is 2.25. The molecule has 80 valence electrons. The molecule has 0 aliphatic carbocycles. The van der Waals surface area contributed by atoms with Gasteiger partial charge in [0.1, 0.15) is 0 Å². The van der Waals surface area contributed by atoms with Crippen LogP contribution in [0.1, 0.15) is 23.2 Å². The summed E-state index contributed by atoms with van der Waals surface area (Å²) in [7, 11) is 0. The Bertz CT molecular complexity index is 320. The van der Waals surface area contributed by atoms with Crippen molar-refractivity contribution >= 4 is 17.7 Å². The maximum Gasteiger partial charge on any atom is 0.251 e. The van der Waals surface area contributed by atoms with Crippen LogP contribution in [0.5, 0.6) is 0 Å². The van der Waals surface area contributed by atoms with Crippen LogP contribution in [-0.2, 0) is 0 Å². The summed E-state index contributed by atoms with van der Waals surface area (Å²) in [6.07, 6.45) is 2.52. The van der Waals surface area contributed by atoms with E-state index in [0.29, 0.717) is 5.25 Å². The molecular formula is C12H15NOS. The standard InChI is InChI=1S/C12H15NOS/c14-12(10-5-2-1-3-6-10)13-9-11-7-4-8-15-11/h1-3,5-6,11H,4,7-9H2,(H,13,14). The number of nitrogens with one attached hydrogen (secondary N) is 1. The Kier molecular flexibility index (Phi) is 3.67. The fourth-order valence-electron chi connectivity index (χ4n) is 1.70. The van der Waals surface area contributed by atoms with E-state index in [2.05, 4.69) is 5.32 Å². The fourth-order valence-corrected chi connectivity index (χ4v) is 2.90. The minimum atomic E-state index is 0.0445. The molecule has 1 aliphatic rings. The van der Waals surface area contributed by atoms with E-state index in [-0.39, 0.29) is 5.91 Å². The zero-order chi connectivity index (χ0) is 10.5. The zero-order valence-corrected chi connectivity index (χ0v) is 9.43. The molecular weight excluding hydrogens is 206 g/mol. The van der Waals surface area contributed by atoms with Gasteiger partial charge in [-0.1, -0.05) is 18.2 Å². The Hall–Kier alpha value is -0.960. The van der Waals surface area contributed by atoms with Gasteiger partial charge in [-0.25, -0.2) is 0 Å². The SMILES string of the molecule is O=C(NCC1CCCS1)c1ccccc1. The highest BCUT2D eigenvalue weighted by molar-refractivity contribution is 8.00. The monoisotopic (exact) mass is 221 g/mol. The van der Waals surface area contributed by atoms with Crippen molar-refractivity contribution in [3.8, 4) is 0 Å². The second-order valence-electron chi connectivity index (χ2n) is 3.71. The average molecular weight is 221 g/mol. The Morgan fingerprint density at radius 1 is 1.40 bits per heavy atom. The molecule has 1 atom stereocenters. The zero-order valence-electron chi connectivity index (χ0n) is 8.61. The quantitative estimate of drug-likeness (QED) is 0.848. The number of carbonyl (C=O) groups is 1. The van der Waals surface area contributed by atoms with Crippen molar-refractivity contribution in [1.29, 1.82) is 0 Å². The first kappa shape index (κ1) is 10.6. The molecule has 1 amide bonds. The van der Waals surface area contributed by atoms with Gasteiger partial charge in [-0.15, -0.1) is 0 Å². The Labute approximate surface area is 94.4 Å². The lowest BCUT2D eigenvalue weighted by Gasteiger charge is -2.09.